The van der Waals surface area contributed by atoms with Crippen molar-refractivity contribution >= 4 is 5.82 Å². The fourth-order valence-electron chi connectivity index (χ4n) is 2.55. The molecule has 18 heavy (non-hydrogen) atoms. The minimum atomic E-state index is 0.813. The first-order valence-electron chi connectivity index (χ1n) is 7.10. The van der Waals surface area contributed by atoms with E-state index in [1.54, 1.807) is 0 Å². The average Bonchev–Trinajstić information content (AvgIpc) is 2.37. The van der Waals surface area contributed by atoms with Gasteiger partial charge in [0.15, 0.2) is 0 Å². The predicted octanol–water partition coefficient (Wildman–Crippen LogP) is 2.99. The van der Waals surface area contributed by atoms with Crippen LogP contribution < -0.4 is 5.32 Å². The Morgan fingerprint density at radius 2 is 2.17 bits per heavy atom. The Balaban J connectivity index is 1.89. The Morgan fingerprint density at radius 1 is 1.33 bits per heavy atom. The molecule has 1 aromatic heterocycles. The lowest BCUT2D eigenvalue weighted by atomic mass is 9.88. The van der Waals surface area contributed by atoms with Crippen LogP contribution in [0.25, 0.3) is 0 Å². The summed E-state index contributed by atoms with van der Waals surface area (Å²) in [5.41, 5.74) is 1.32. The molecule has 2 rings (SSSR count). The maximum atomic E-state index is 4.43. The van der Waals surface area contributed by atoms with Gasteiger partial charge in [0, 0.05) is 25.8 Å². The van der Waals surface area contributed by atoms with Gasteiger partial charge in [0.25, 0.3) is 0 Å². The molecular weight excluding hydrogens is 222 g/mol. The molecule has 2 atom stereocenters. The fourth-order valence-corrected chi connectivity index (χ4v) is 2.55. The summed E-state index contributed by atoms with van der Waals surface area (Å²) in [5, 5.41) is 3.23. The zero-order valence-corrected chi connectivity index (χ0v) is 11.8. The summed E-state index contributed by atoms with van der Waals surface area (Å²) >= 11 is 0. The summed E-state index contributed by atoms with van der Waals surface area (Å²) in [6, 6.07) is 4.27. The molecule has 1 aromatic rings. The van der Waals surface area contributed by atoms with Gasteiger partial charge in [-0.3, -0.25) is 4.90 Å². The number of nitrogens with one attached hydrogen (secondary N) is 1. The van der Waals surface area contributed by atoms with E-state index in [4.69, 9.17) is 0 Å². The smallest absolute Gasteiger partial charge is 0.125 e. The van der Waals surface area contributed by atoms with Crippen molar-refractivity contribution in [3.05, 3.63) is 23.9 Å². The number of pyridine rings is 1. The molecule has 0 spiro atoms. The summed E-state index contributed by atoms with van der Waals surface area (Å²) in [4.78, 5) is 6.98. The van der Waals surface area contributed by atoms with E-state index < -0.39 is 0 Å². The summed E-state index contributed by atoms with van der Waals surface area (Å²) in [6.45, 7) is 11.2. The maximum absolute atomic E-state index is 4.43. The zero-order chi connectivity index (χ0) is 13.0. The topological polar surface area (TPSA) is 28.2 Å². The van der Waals surface area contributed by atoms with Gasteiger partial charge in [0.05, 0.1) is 0 Å². The van der Waals surface area contributed by atoms with Crippen LogP contribution in [0.5, 0.6) is 0 Å². The molecule has 0 radical (unpaired) electrons. The van der Waals surface area contributed by atoms with Crippen molar-refractivity contribution in [2.75, 3.05) is 25.0 Å². The summed E-state index contributed by atoms with van der Waals surface area (Å²) < 4.78 is 0. The molecule has 3 heteroatoms. The average molecular weight is 247 g/mol. The number of aromatic nitrogens is 1. The second-order valence-corrected chi connectivity index (χ2v) is 5.56. The molecule has 0 aromatic carbocycles. The minimum Gasteiger partial charge on any atom is -0.370 e. The van der Waals surface area contributed by atoms with Gasteiger partial charge in [-0.05, 0) is 43.4 Å². The highest BCUT2D eigenvalue weighted by atomic mass is 15.1. The molecule has 2 unspecified atom stereocenters. The Labute approximate surface area is 111 Å². The predicted molar refractivity (Wildman–Crippen MR) is 76.6 cm³/mol. The van der Waals surface area contributed by atoms with E-state index in [0.29, 0.717) is 0 Å². The number of hydrogen-bond acceptors (Lipinski definition) is 3. The zero-order valence-electron chi connectivity index (χ0n) is 11.8. The largest absolute Gasteiger partial charge is 0.370 e. The van der Waals surface area contributed by atoms with E-state index in [2.05, 4.69) is 48.1 Å². The molecule has 100 valence electrons. The molecule has 1 N–H and O–H groups in total. The van der Waals surface area contributed by atoms with E-state index in [1.807, 2.05) is 6.20 Å². The van der Waals surface area contributed by atoms with E-state index in [-0.39, 0.29) is 0 Å². The highest BCUT2D eigenvalue weighted by Gasteiger charge is 2.22. The summed E-state index contributed by atoms with van der Waals surface area (Å²) in [7, 11) is 0. The Bertz CT molecular complexity index is 361. The molecule has 0 bridgehead atoms. The second-order valence-electron chi connectivity index (χ2n) is 5.56. The van der Waals surface area contributed by atoms with Crippen LogP contribution in [0.15, 0.2) is 18.3 Å². The lowest BCUT2D eigenvalue weighted by molar-refractivity contribution is 0.132. The molecule has 1 fully saturated rings. The lowest BCUT2D eigenvalue weighted by Gasteiger charge is -2.35. The van der Waals surface area contributed by atoms with E-state index in [9.17, 15) is 0 Å². The van der Waals surface area contributed by atoms with Crippen LogP contribution in [0.3, 0.4) is 0 Å². The molecule has 0 saturated carbocycles. The fraction of sp³-hybridized carbons (Fsp3) is 0.667. The van der Waals surface area contributed by atoms with Crippen LogP contribution in [0.1, 0.15) is 32.8 Å². The third-order valence-corrected chi connectivity index (χ3v) is 4.01. The third-order valence-electron chi connectivity index (χ3n) is 4.01. The highest BCUT2D eigenvalue weighted by molar-refractivity contribution is 5.35. The van der Waals surface area contributed by atoms with Crippen molar-refractivity contribution in [1.82, 2.24) is 9.88 Å². The van der Waals surface area contributed by atoms with Crippen LogP contribution in [-0.2, 0) is 6.54 Å². The standard InChI is InChI=1S/C15H25N3/c1-4-16-15-6-5-14(9-17-15)11-18-8-7-12(2)13(3)10-18/h5-6,9,12-13H,4,7-8,10-11H2,1-3H3,(H,16,17). The number of nitrogens with zero attached hydrogens (tertiary/aromatic N) is 2. The molecule has 0 aliphatic carbocycles. The number of hydrogen-bond donors (Lipinski definition) is 1. The van der Waals surface area contributed by atoms with Crippen molar-refractivity contribution in [3.8, 4) is 0 Å². The van der Waals surface area contributed by atoms with Crippen molar-refractivity contribution in [2.45, 2.75) is 33.7 Å². The van der Waals surface area contributed by atoms with E-state index in [1.165, 1.54) is 25.1 Å². The molecule has 1 aliphatic rings. The first-order chi connectivity index (χ1) is 8.69. The Morgan fingerprint density at radius 3 is 2.78 bits per heavy atom. The number of anilines is 1. The van der Waals surface area contributed by atoms with Gasteiger partial charge in [-0.2, -0.15) is 0 Å². The molecule has 0 amide bonds. The quantitative estimate of drug-likeness (QED) is 0.886. The molecule has 3 nitrogen and oxygen atoms in total. The van der Waals surface area contributed by atoms with Gasteiger partial charge >= 0.3 is 0 Å². The third kappa shape index (κ3) is 3.45. The molecule has 2 heterocycles. The van der Waals surface area contributed by atoms with Crippen LogP contribution in [0.4, 0.5) is 5.82 Å². The first kappa shape index (κ1) is 13.3. The Hall–Kier alpha value is -1.09. The van der Waals surface area contributed by atoms with Gasteiger partial charge < -0.3 is 5.32 Å². The van der Waals surface area contributed by atoms with Crippen LogP contribution in [0, 0.1) is 11.8 Å². The number of rotatable bonds is 4. The first-order valence-corrected chi connectivity index (χ1v) is 7.10. The van der Waals surface area contributed by atoms with E-state index in [0.717, 1.165) is 30.7 Å². The SMILES string of the molecule is CCNc1ccc(CN2CCC(C)C(C)C2)cn1. The lowest BCUT2D eigenvalue weighted by Crippen LogP contribution is -2.37. The highest BCUT2D eigenvalue weighted by Crippen LogP contribution is 2.23. The van der Waals surface area contributed by atoms with Crippen LogP contribution in [0.2, 0.25) is 0 Å². The van der Waals surface area contributed by atoms with Gasteiger partial charge in [-0.25, -0.2) is 4.98 Å². The van der Waals surface area contributed by atoms with Crippen molar-refractivity contribution in [1.29, 1.82) is 0 Å². The monoisotopic (exact) mass is 247 g/mol. The minimum absolute atomic E-state index is 0.813. The molecule has 1 aliphatic heterocycles. The maximum Gasteiger partial charge on any atom is 0.125 e. The van der Waals surface area contributed by atoms with Gasteiger partial charge in [0.1, 0.15) is 5.82 Å². The van der Waals surface area contributed by atoms with Gasteiger partial charge in [0.2, 0.25) is 0 Å². The van der Waals surface area contributed by atoms with Crippen molar-refractivity contribution < 1.29 is 0 Å². The van der Waals surface area contributed by atoms with Crippen molar-refractivity contribution in [3.63, 3.8) is 0 Å². The number of likely N-dealkylation sites (tertiary alicyclic amines) is 1. The molecule has 1 saturated heterocycles. The van der Waals surface area contributed by atoms with Crippen LogP contribution >= 0.6 is 0 Å². The second kappa shape index (κ2) is 6.19. The molecular formula is C15H25N3. The van der Waals surface area contributed by atoms with Crippen LogP contribution in [-0.4, -0.2) is 29.5 Å². The summed E-state index contributed by atoms with van der Waals surface area (Å²) in [6.07, 6.45) is 3.32. The van der Waals surface area contributed by atoms with Crippen molar-refractivity contribution in [2.24, 2.45) is 11.8 Å². The van der Waals surface area contributed by atoms with Gasteiger partial charge in [-0.1, -0.05) is 19.9 Å². The normalized spacial score (nSPS) is 25.1. The number of piperidine rings is 1. The van der Waals surface area contributed by atoms with E-state index >= 15 is 0 Å². The summed E-state index contributed by atoms with van der Waals surface area (Å²) in [5.74, 6) is 2.66. The van der Waals surface area contributed by atoms with Gasteiger partial charge in [-0.15, -0.1) is 0 Å². The Kier molecular flexibility index (Phi) is 4.59.